The second-order valence-electron chi connectivity index (χ2n) is 3.72. The maximum Gasteiger partial charge on any atom is 0.354 e. The molecule has 0 aliphatic rings. The van der Waals surface area contributed by atoms with Crippen LogP contribution in [-0.2, 0) is 0 Å². The lowest BCUT2D eigenvalue weighted by molar-refractivity contribution is 0.0690. The number of nitrogens with zero attached hydrogens (tertiary/aromatic N) is 2. The molecule has 1 N–H and O–H groups in total. The predicted molar refractivity (Wildman–Crippen MR) is 64.2 cm³/mol. The molecular weight excluding hydrogens is 232 g/mol. The third kappa shape index (κ3) is 1.71. The second kappa shape index (κ2) is 3.96. The summed E-state index contributed by atoms with van der Waals surface area (Å²) in [6.45, 7) is 0. The Hall–Kier alpha value is -2.69. The van der Waals surface area contributed by atoms with Crippen LogP contribution in [-0.4, -0.2) is 21.0 Å². The molecule has 1 aromatic carbocycles. The van der Waals surface area contributed by atoms with Crippen molar-refractivity contribution in [2.75, 3.05) is 0 Å². The lowest BCUT2D eigenvalue weighted by atomic mass is 10.2. The van der Waals surface area contributed by atoms with Crippen LogP contribution in [0.4, 0.5) is 0 Å². The molecule has 5 nitrogen and oxygen atoms in total. The van der Waals surface area contributed by atoms with E-state index in [2.05, 4.69) is 9.97 Å². The number of aromatic nitrogens is 2. The van der Waals surface area contributed by atoms with Crippen LogP contribution in [0.2, 0.25) is 0 Å². The van der Waals surface area contributed by atoms with Gasteiger partial charge in [0.2, 0.25) is 5.89 Å². The van der Waals surface area contributed by atoms with Gasteiger partial charge in [-0.25, -0.2) is 14.8 Å². The first-order valence-electron chi connectivity index (χ1n) is 5.29. The number of para-hydroxylation sites is 2. The molecule has 0 aliphatic heterocycles. The number of hydrogen-bond donors (Lipinski definition) is 1. The molecule has 0 atom stereocenters. The maximum absolute atomic E-state index is 10.8. The normalized spacial score (nSPS) is 10.7. The predicted octanol–water partition coefficient (Wildman–Crippen LogP) is 2.59. The Bertz CT molecular complexity index is 701. The molecule has 88 valence electrons. The lowest BCUT2D eigenvalue weighted by Gasteiger charge is -1.96. The van der Waals surface area contributed by atoms with Crippen LogP contribution in [0.25, 0.3) is 22.6 Å². The first kappa shape index (κ1) is 10.5. The van der Waals surface area contributed by atoms with Crippen LogP contribution < -0.4 is 0 Å². The van der Waals surface area contributed by atoms with Gasteiger partial charge in [0.1, 0.15) is 11.2 Å². The Morgan fingerprint density at radius 3 is 2.83 bits per heavy atom. The van der Waals surface area contributed by atoms with Crippen molar-refractivity contribution in [3.8, 4) is 11.5 Å². The van der Waals surface area contributed by atoms with Gasteiger partial charge < -0.3 is 9.52 Å². The first-order valence-corrected chi connectivity index (χ1v) is 5.29. The maximum atomic E-state index is 10.8. The summed E-state index contributed by atoms with van der Waals surface area (Å²) in [5.74, 6) is -0.686. The zero-order valence-electron chi connectivity index (χ0n) is 9.20. The van der Waals surface area contributed by atoms with Gasteiger partial charge in [-0.15, -0.1) is 0 Å². The average molecular weight is 240 g/mol. The van der Waals surface area contributed by atoms with Crippen molar-refractivity contribution in [1.82, 2.24) is 9.97 Å². The molecular formula is C13H8N2O3. The van der Waals surface area contributed by atoms with Crippen LogP contribution in [0.5, 0.6) is 0 Å². The Labute approximate surface area is 102 Å². The van der Waals surface area contributed by atoms with E-state index in [0.717, 1.165) is 5.52 Å². The minimum atomic E-state index is -1.08. The van der Waals surface area contributed by atoms with E-state index >= 15 is 0 Å². The van der Waals surface area contributed by atoms with E-state index in [9.17, 15) is 4.79 Å². The number of rotatable bonds is 2. The highest BCUT2D eigenvalue weighted by molar-refractivity contribution is 5.87. The zero-order valence-corrected chi connectivity index (χ0v) is 9.20. The number of benzene rings is 1. The molecule has 0 amide bonds. The molecule has 0 bridgehead atoms. The summed E-state index contributed by atoms with van der Waals surface area (Å²) in [5.41, 5.74) is 1.97. The van der Waals surface area contributed by atoms with Gasteiger partial charge in [0.25, 0.3) is 0 Å². The Kier molecular flexibility index (Phi) is 2.30. The van der Waals surface area contributed by atoms with Crippen molar-refractivity contribution >= 4 is 17.1 Å². The van der Waals surface area contributed by atoms with Crippen LogP contribution in [0, 0.1) is 0 Å². The molecule has 5 heteroatoms. The molecule has 0 saturated heterocycles. The van der Waals surface area contributed by atoms with Gasteiger partial charge >= 0.3 is 5.97 Å². The van der Waals surface area contributed by atoms with Crippen molar-refractivity contribution in [1.29, 1.82) is 0 Å². The minimum absolute atomic E-state index is 0.0326. The van der Waals surface area contributed by atoms with Crippen LogP contribution >= 0.6 is 0 Å². The molecule has 0 spiro atoms. The van der Waals surface area contributed by atoms with Crippen molar-refractivity contribution in [2.24, 2.45) is 0 Å². The minimum Gasteiger partial charge on any atom is -0.477 e. The number of aromatic carboxylic acids is 1. The van der Waals surface area contributed by atoms with E-state index in [1.807, 2.05) is 24.3 Å². The van der Waals surface area contributed by atoms with Crippen molar-refractivity contribution < 1.29 is 14.3 Å². The number of carboxylic acid groups (broad SMARTS) is 1. The fourth-order valence-electron chi connectivity index (χ4n) is 1.68. The number of fused-ring (bicyclic) bond motifs is 1. The number of hydrogen-bond acceptors (Lipinski definition) is 4. The van der Waals surface area contributed by atoms with E-state index in [1.165, 1.54) is 12.3 Å². The Balaban J connectivity index is 2.13. The van der Waals surface area contributed by atoms with Gasteiger partial charge in [0.15, 0.2) is 5.58 Å². The highest BCUT2D eigenvalue weighted by atomic mass is 16.4. The monoisotopic (exact) mass is 240 g/mol. The van der Waals surface area contributed by atoms with Crippen LogP contribution in [0.15, 0.2) is 47.0 Å². The number of pyridine rings is 1. The van der Waals surface area contributed by atoms with E-state index in [-0.39, 0.29) is 5.69 Å². The largest absolute Gasteiger partial charge is 0.477 e. The summed E-state index contributed by atoms with van der Waals surface area (Å²) >= 11 is 0. The molecule has 0 saturated carbocycles. The summed E-state index contributed by atoms with van der Waals surface area (Å²) in [5, 5.41) is 8.88. The van der Waals surface area contributed by atoms with E-state index < -0.39 is 5.97 Å². The smallest absolute Gasteiger partial charge is 0.354 e. The van der Waals surface area contributed by atoms with Gasteiger partial charge in [-0.1, -0.05) is 12.1 Å². The van der Waals surface area contributed by atoms with Gasteiger partial charge in [-0.2, -0.15) is 0 Å². The van der Waals surface area contributed by atoms with Crippen molar-refractivity contribution in [3.63, 3.8) is 0 Å². The first-order chi connectivity index (χ1) is 8.74. The van der Waals surface area contributed by atoms with Crippen LogP contribution in [0.1, 0.15) is 10.5 Å². The third-order valence-corrected chi connectivity index (χ3v) is 2.52. The van der Waals surface area contributed by atoms with Crippen LogP contribution in [0.3, 0.4) is 0 Å². The highest BCUT2D eigenvalue weighted by Gasteiger charge is 2.11. The van der Waals surface area contributed by atoms with Gasteiger partial charge in [-0.3, -0.25) is 0 Å². The summed E-state index contributed by atoms with van der Waals surface area (Å²) in [4.78, 5) is 18.9. The third-order valence-electron chi connectivity index (χ3n) is 2.52. The summed E-state index contributed by atoms with van der Waals surface area (Å²) in [6, 6.07) is 10.5. The van der Waals surface area contributed by atoms with Crippen molar-refractivity contribution in [2.45, 2.75) is 0 Å². The molecule has 18 heavy (non-hydrogen) atoms. The molecule has 2 aromatic heterocycles. The lowest BCUT2D eigenvalue weighted by Crippen LogP contribution is -1.99. The average Bonchev–Trinajstić information content (AvgIpc) is 2.82. The van der Waals surface area contributed by atoms with Gasteiger partial charge in [-0.05, 0) is 24.3 Å². The number of carboxylic acids is 1. The summed E-state index contributed by atoms with van der Waals surface area (Å²) < 4.78 is 5.56. The summed E-state index contributed by atoms with van der Waals surface area (Å²) in [7, 11) is 0. The molecule has 0 unspecified atom stereocenters. The molecule has 3 rings (SSSR count). The second-order valence-corrected chi connectivity index (χ2v) is 3.72. The van der Waals surface area contributed by atoms with E-state index in [0.29, 0.717) is 17.0 Å². The number of carbonyl (C=O) groups is 1. The fourth-order valence-corrected chi connectivity index (χ4v) is 1.68. The van der Waals surface area contributed by atoms with E-state index in [4.69, 9.17) is 9.52 Å². The van der Waals surface area contributed by atoms with Gasteiger partial charge in [0.05, 0.1) is 0 Å². The molecule has 3 aromatic rings. The molecule has 2 heterocycles. The quantitative estimate of drug-likeness (QED) is 0.745. The molecule has 0 aliphatic carbocycles. The van der Waals surface area contributed by atoms with Crippen molar-refractivity contribution in [3.05, 3.63) is 48.3 Å². The number of oxazole rings is 1. The fraction of sp³-hybridized carbons (Fsp3) is 0. The molecule has 0 radical (unpaired) electrons. The summed E-state index contributed by atoms with van der Waals surface area (Å²) in [6.07, 6.45) is 1.42. The van der Waals surface area contributed by atoms with E-state index in [1.54, 1.807) is 6.07 Å². The Morgan fingerprint density at radius 2 is 2.06 bits per heavy atom. The zero-order chi connectivity index (χ0) is 12.5. The Morgan fingerprint density at radius 1 is 1.22 bits per heavy atom. The standard InChI is InChI=1S/C13H8N2O3/c16-13(17)10-7-8(5-6-14-10)12-15-9-3-1-2-4-11(9)18-12/h1-7H,(H,16,17). The topological polar surface area (TPSA) is 76.2 Å². The van der Waals surface area contributed by atoms with Gasteiger partial charge in [0, 0.05) is 11.8 Å². The molecule has 0 fully saturated rings. The highest BCUT2D eigenvalue weighted by Crippen LogP contribution is 2.23. The SMILES string of the molecule is O=C(O)c1cc(-c2nc3ccccc3o2)ccn1.